The van der Waals surface area contributed by atoms with Crippen LogP contribution in [-0.2, 0) is 18.4 Å². The Bertz CT molecular complexity index is 417. The third-order valence-electron chi connectivity index (χ3n) is 3.92. The second-order valence-electron chi connectivity index (χ2n) is 5.75. The molecule has 1 aliphatic heterocycles. The van der Waals surface area contributed by atoms with Crippen LogP contribution >= 0.6 is 0 Å². The zero-order valence-electron chi connectivity index (χ0n) is 12.2. The van der Waals surface area contributed by atoms with E-state index < -0.39 is 0 Å². The van der Waals surface area contributed by atoms with Crippen molar-refractivity contribution in [2.75, 3.05) is 13.1 Å². The number of aryl methyl sites for hydroxylation is 1. The van der Waals surface area contributed by atoms with E-state index in [9.17, 15) is 4.79 Å². The second-order valence-corrected chi connectivity index (χ2v) is 5.75. The smallest absolute Gasteiger partial charge is 0.225 e. The van der Waals surface area contributed by atoms with E-state index in [2.05, 4.69) is 35.3 Å². The van der Waals surface area contributed by atoms with Gasteiger partial charge in [-0.1, -0.05) is 13.8 Å². The van der Waals surface area contributed by atoms with Crippen LogP contribution in [0.4, 0.5) is 0 Å². The lowest BCUT2D eigenvalue weighted by molar-refractivity contribution is -0.135. The number of nitrogens with one attached hydrogen (secondary N) is 1. The van der Waals surface area contributed by atoms with Crippen LogP contribution in [0, 0.1) is 5.92 Å². The average molecular weight is 263 g/mol. The summed E-state index contributed by atoms with van der Waals surface area (Å²) in [5.41, 5.74) is 1.31. The minimum atomic E-state index is 0.118. The number of piperidine rings is 1. The van der Waals surface area contributed by atoms with Gasteiger partial charge in [0.25, 0.3) is 0 Å². The van der Waals surface area contributed by atoms with Crippen LogP contribution in [0.2, 0.25) is 0 Å². The van der Waals surface area contributed by atoms with Gasteiger partial charge in [0.2, 0.25) is 5.91 Å². The Hall–Kier alpha value is -1.29. The van der Waals surface area contributed by atoms with Gasteiger partial charge < -0.3 is 14.8 Å². The van der Waals surface area contributed by atoms with Crippen LogP contribution in [0.15, 0.2) is 18.3 Å². The molecule has 1 saturated heterocycles. The van der Waals surface area contributed by atoms with E-state index in [0.29, 0.717) is 11.9 Å². The SMILES string of the molecule is CC(C)C(=O)N1CCC(NCc2cccn2C)CC1. The monoisotopic (exact) mass is 263 g/mol. The molecule has 0 spiro atoms. The van der Waals surface area contributed by atoms with Gasteiger partial charge in [0.1, 0.15) is 0 Å². The van der Waals surface area contributed by atoms with Gasteiger partial charge in [-0.05, 0) is 25.0 Å². The molecule has 1 aromatic heterocycles. The first-order chi connectivity index (χ1) is 9.08. The van der Waals surface area contributed by atoms with Crippen LogP contribution in [0.25, 0.3) is 0 Å². The first-order valence-electron chi connectivity index (χ1n) is 7.20. The Balaban J connectivity index is 1.75. The minimum absolute atomic E-state index is 0.118. The molecule has 0 saturated carbocycles. The maximum Gasteiger partial charge on any atom is 0.225 e. The number of amides is 1. The third-order valence-corrected chi connectivity index (χ3v) is 3.92. The van der Waals surface area contributed by atoms with Crippen molar-refractivity contribution in [3.8, 4) is 0 Å². The largest absolute Gasteiger partial charge is 0.353 e. The van der Waals surface area contributed by atoms with Crippen molar-refractivity contribution in [2.45, 2.75) is 39.3 Å². The quantitative estimate of drug-likeness (QED) is 0.899. The maximum atomic E-state index is 11.9. The summed E-state index contributed by atoms with van der Waals surface area (Å²) in [5, 5.41) is 3.59. The molecule has 19 heavy (non-hydrogen) atoms. The highest BCUT2D eigenvalue weighted by atomic mass is 16.2. The van der Waals surface area contributed by atoms with E-state index in [-0.39, 0.29) is 5.92 Å². The van der Waals surface area contributed by atoms with Crippen molar-refractivity contribution < 1.29 is 4.79 Å². The van der Waals surface area contributed by atoms with Crippen molar-refractivity contribution in [3.05, 3.63) is 24.0 Å². The highest BCUT2D eigenvalue weighted by Gasteiger charge is 2.23. The fourth-order valence-corrected chi connectivity index (χ4v) is 2.60. The fourth-order valence-electron chi connectivity index (χ4n) is 2.60. The number of hydrogen-bond donors (Lipinski definition) is 1. The number of carbonyl (C=O) groups excluding carboxylic acids is 1. The van der Waals surface area contributed by atoms with Gasteiger partial charge in [-0.3, -0.25) is 4.79 Å². The Kier molecular flexibility index (Phi) is 4.64. The molecule has 1 N–H and O–H groups in total. The van der Waals surface area contributed by atoms with Crippen LogP contribution in [0.5, 0.6) is 0 Å². The van der Waals surface area contributed by atoms with E-state index in [1.165, 1.54) is 5.69 Å². The summed E-state index contributed by atoms with van der Waals surface area (Å²) in [5.74, 6) is 0.411. The zero-order chi connectivity index (χ0) is 13.8. The first kappa shape index (κ1) is 14.1. The van der Waals surface area contributed by atoms with Gasteiger partial charge in [0.05, 0.1) is 0 Å². The van der Waals surface area contributed by atoms with Crippen molar-refractivity contribution >= 4 is 5.91 Å². The summed E-state index contributed by atoms with van der Waals surface area (Å²) in [7, 11) is 2.07. The number of hydrogen-bond acceptors (Lipinski definition) is 2. The summed E-state index contributed by atoms with van der Waals surface area (Å²) in [6.07, 6.45) is 4.19. The number of rotatable bonds is 4. The average Bonchev–Trinajstić information content (AvgIpc) is 2.81. The molecule has 2 rings (SSSR count). The standard InChI is InChI=1S/C15H25N3O/c1-12(2)15(19)18-9-6-13(7-10-18)16-11-14-5-4-8-17(14)3/h4-5,8,12-13,16H,6-7,9-11H2,1-3H3. The summed E-state index contributed by atoms with van der Waals surface area (Å²) < 4.78 is 2.14. The summed E-state index contributed by atoms with van der Waals surface area (Å²) in [6.45, 7) is 6.64. The lowest BCUT2D eigenvalue weighted by Crippen LogP contribution is -2.46. The molecule has 1 aromatic rings. The van der Waals surface area contributed by atoms with Gasteiger partial charge in [0, 0.05) is 50.5 Å². The normalized spacial score (nSPS) is 17.2. The van der Waals surface area contributed by atoms with Crippen LogP contribution in [0.1, 0.15) is 32.4 Å². The molecule has 0 atom stereocenters. The Labute approximate surface area is 115 Å². The third kappa shape index (κ3) is 3.60. The topological polar surface area (TPSA) is 37.3 Å². The molecule has 4 heteroatoms. The van der Waals surface area contributed by atoms with Crippen LogP contribution in [0.3, 0.4) is 0 Å². The predicted octanol–water partition coefficient (Wildman–Crippen LogP) is 1.76. The fraction of sp³-hybridized carbons (Fsp3) is 0.667. The molecule has 0 aromatic carbocycles. The summed E-state index contributed by atoms with van der Waals surface area (Å²) in [6, 6.07) is 4.75. The number of nitrogens with zero attached hydrogens (tertiary/aromatic N) is 2. The highest BCUT2D eigenvalue weighted by Crippen LogP contribution is 2.14. The Morgan fingerprint density at radius 1 is 1.42 bits per heavy atom. The lowest BCUT2D eigenvalue weighted by Gasteiger charge is -2.33. The predicted molar refractivity (Wildman–Crippen MR) is 76.7 cm³/mol. The van der Waals surface area contributed by atoms with E-state index in [1.54, 1.807) is 0 Å². The first-order valence-corrected chi connectivity index (χ1v) is 7.20. The number of carbonyl (C=O) groups is 1. The van der Waals surface area contributed by atoms with Gasteiger partial charge >= 0.3 is 0 Å². The molecule has 2 heterocycles. The molecule has 1 aliphatic rings. The molecular weight excluding hydrogens is 238 g/mol. The molecule has 0 radical (unpaired) electrons. The van der Waals surface area contributed by atoms with E-state index in [1.807, 2.05) is 18.7 Å². The summed E-state index contributed by atoms with van der Waals surface area (Å²) in [4.78, 5) is 13.9. The molecule has 0 bridgehead atoms. The molecule has 0 aliphatic carbocycles. The Morgan fingerprint density at radius 2 is 2.11 bits per heavy atom. The van der Waals surface area contributed by atoms with Crippen molar-refractivity contribution in [1.82, 2.24) is 14.8 Å². The molecule has 0 unspecified atom stereocenters. The van der Waals surface area contributed by atoms with Gasteiger partial charge in [-0.2, -0.15) is 0 Å². The maximum absolute atomic E-state index is 11.9. The van der Waals surface area contributed by atoms with Crippen molar-refractivity contribution in [2.24, 2.45) is 13.0 Å². The van der Waals surface area contributed by atoms with Gasteiger partial charge in [-0.25, -0.2) is 0 Å². The van der Waals surface area contributed by atoms with Gasteiger partial charge in [0.15, 0.2) is 0 Å². The molecule has 1 amide bonds. The highest BCUT2D eigenvalue weighted by molar-refractivity contribution is 5.78. The Morgan fingerprint density at radius 3 is 2.63 bits per heavy atom. The van der Waals surface area contributed by atoms with Crippen LogP contribution < -0.4 is 5.32 Å². The lowest BCUT2D eigenvalue weighted by atomic mass is 10.0. The molecule has 1 fully saturated rings. The second kappa shape index (κ2) is 6.24. The molecule has 106 valence electrons. The zero-order valence-corrected chi connectivity index (χ0v) is 12.2. The van der Waals surface area contributed by atoms with E-state index in [4.69, 9.17) is 0 Å². The molecular formula is C15H25N3O. The summed E-state index contributed by atoms with van der Waals surface area (Å²) >= 11 is 0. The van der Waals surface area contributed by atoms with Crippen LogP contribution in [-0.4, -0.2) is 34.5 Å². The van der Waals surface area contributed by atoms with E-state index >= 15 is 0 Å². The minimum Gasteiger partial charge on any atom is -0.353 e. The van der Waals surface area contributed by atoms with Crippen molar-refractivity contribution in [3.63, 3.8) is 0 Å². The van der Waals surface area contributed by atoms with Gasteiger partial charge in [-0.15, -0.1) is 0 Å². The number of likely N-dealkylation sites (tertiary alicyclic amines) is 1. The van der Waals surface area contributed by atoms with E-state index in [0.717, 1.165) is 32.5 Å². The number of aromatic nitrogens is 1. The van der Waals surface area contributed by atoms with Crippen molar-refractivity contribution in [1.29, 1.82) is 0 Å². The molecule has 4 nitrogen and oxygen atoms in total.